The molecule has 0 radical (unpaired) electrons. The first kappa shape index (κ1) is 14.4. The molecule has 0 saturated heterocycles. The molecular formula is C15H13ClFNO2S. The van der Waals surface area contributed by atoms with Gasteiger partial charge in [0.15, 0.2) is 0 Å². The van der Waals surface area contributed by atoms with Gasteiger partial charge in [-0.2, -0.15) is 0 Å². The molecule has 110 valence electrons. The maximum atomic E-state index is 13.4. The van der Waals surface area contributed by atoms with Gasteiger partial charge in [0.1, 0.15) is 5.82 Å². The molecule has 0 atom stereocenters. The van der Waals surface area contributed by atoms with Crippen LogP contribution in [-0.4, -0.2) is 15.0 Å². The van der Waals surface area contributed by atoms with Crippen LogP contribution >= 0.6 is 11.6 Å². The van der Waals surface area contributed by atoms with Gasteiger partial charge in [-0.3, -0.25) is 4.31 Å². The predicted molar refractivity (Wildman–Crippen MR) is 80.6 cm³/mol. The van der Waals surface area contributed by atoms with E-state index in [0.29, 0.717) is 24.5 Å². The fourth-order valence-corrected chi connectivity index (χ4v) is 4.12. The smallest absolute Gasteiger partial charge is 0.264 e. The molecular weight excluding hydrogens is 313 g/mol. The lowest BCUT2D eigenvalue weighted by Crippen LogP contribution is -2.29. The third-order valence-electron chi connectivity index (χ3n) is 3.57. The number of benzene rings is 2. The first-order valence-electron chi connectivity index (χ1n) is 6.48. The Morgan fingerprint density at radius 2 is 1.86 bits per heavy atom. The zero-order valence-electron chi connectivity index (χ0n) is 11.1. The van der Waals surface area contributed by atoms with Crippen molar-refractivity contribution >= 4 is 27.3 Å². The summed E-state index contributed by atoms with van der Waals surface area (Å²) < 4.78 is 40.0. The third-order valence-corrected chi connectivity index (χ3v) is 5.70. The van der Waals surface area contributed by atoms with Crippen LogP contribution in [0.3, 0.4) is 0 Å². The molecule has 0 fully saturated rings. The molecule has 2 aromatic carbocycles. The first-order valence-corrected chi connectivity index (χ1v) is 8.46. The highest BCUT2D eigenvalue weighted by molar-refractivity contribution is 7.92. The Morgan fingerprint density at radius 3 is 2.52 bits per heavy atom. The minimum Gasteiger partial charge on any atom is -0.266 e. The van der Waals surface area contributed by atoms with Crippen molar-refractivity contribution in [3.63, 3.8) is 0 Å². The van der Waals surface area contributed by atoms with Crippen LogP contribution < -0.4 is 4.31 Å². The Bertz CT molecular complexity index is 775. The number of rotatable bonds is 3. The van der Waals surface area contributed by atoms with E-state index in [2.05, 4.69) is 0 Å². The van der Waals surface area contributed by atoms with E-state index in [1.807, 2.05) is 0 Å². The fourth-order valence-electron chi connectivity index (χ4n) is 2.45. The zero-order valence-corrected chi connectivity index (χ0v) is 12.7. The number of anilines is 1. The Balaban J connectivity index is 2.02. The van der Waals surface area contributed by atoms with E-state index in [4.69, 9.17) is 11.6 Å². The summed E-state index contributed by atoms with van der Waals surface area (Å²) in [6.07, 6.45) is 0.592. The van der Waals surface area contributed by atoms with E-state index >= 15 is 0 Å². The summed E-state index contributed by atoms with van der Waals surface area (Å²) in [6.45, 7) is 0.332. The second-order valence-corrected chi connectivity index (χ2v) is 7.01. The fraction of sp³-hybridized carbons (Fsp3) is 0.200. The van der Waals surface area contributed by atoms with Crippen molar-refractivity contribution in [2.75, 3.05) is 10.8 Å². The Hall–Kier alpha value is -1.59. The van der Waals surface area contributed by atoms with Crippen LogP contribution in [0.25, 0.3) is 0 Å². The summed E-state index contributed by atoms with van der Waals surface area (Å²) in [4.78, 5) is 0.188. The lowest BCUT2D eigenvalue weighted by atomic mass is 10.2. The summed E-state index contributed by atoms with van der Waals surface area (Å²) in [7, 11) is -3.67. The van der Waals surface area contributed by atoms with E-state index in [1.165, 1.54) is 28.6 Å². The highest BCUT2D eigenvalue weighted by atomic mass is 35.5. The third kappa shape index (κ3) is 2.51. The summed E-state index contributed by atoms with van der Waals surface area (Å²) in [5, 5.41) is 0. The van der Waals surface area contributed by atoms with Gasteiger partial charge in [-0.25, -0.2) is 12.8 Å². The van der Waals surface area contributed by atoms with Gasteiger partial charge in [-0.05, 0) is 41.8 Å². The largest absolute Gasteiger partial charge is 0.266 e. The van der Waals surface area contributed by atoms with E-state index < -0.39 is 15.8 Å². The lowest BCUT2D eigenvalue weighted by molar-refractivity contribution is 0.592. The quantitative estimate of drug-likeness (QED) is 0.812. The summed E-state index contributed by atoms with van der Waals surface area (Å²) in [5.41, 5.74) is 2.12. The van der Waals surface area contributed by atoms with Crippen molar-refractivity contribution in [1.82, 2.24) is 0 Å². The minimum absolute atomic E-state index is 0.188. The molecule has 21 heavy (non-hydrogen) atoms. The molecule has 1 heterocycles. The number of fused-ring (bicyclic) bond motifs is 1. The monoisotopic (exact) mass is 325 g/mol. The Kier molecular flexibility index (Phi) is 3.63. The van der Waals surface area contributed by atoms with Crippen LogP contribution in [-0.2, 0) is 22.3 Å². The predicted octanol–water partition coefficient (Wildman–Crippen LogP) is 3.32. The van der Waals surface area contributed by atoms with Crippen LogP contribution in [0, 0.1) is 5.82 Å². The van der Waals surface area contributed by atoms with Gasteiger partial charge in [0.2, 0.25) is 0 Å². The van der Waals surface area contributed by atoms with Gasteiger partial charge >= 0.3 is 0 Å². The van der Waals surface area contributed by atoms with Crippen molar-refractivity contribution in [3.05, 3.63) is 59.4 Å². The highest BCUT2D eigenvalue weighted by Gasteiger charge is 2.31. The van der Waals surface area contributed by atoms with E-state index in [9.17, 15) is 12.8 Å². The second-order valence-electron chi connectivity index (χ2n) is 4.88. The normalized spacial score (nSPS) is 14.3. The molecule has 0 N–H and O–H groups in total. The van der Waals surface area contributed by atoms with Crippen LogP contribution in [0.2, 0.25) is 0 Å². The van der Waals surface area contributed by atoms with E-state index in [1.54, 1.807) is 18.2 Å². The van der Waals surface area contributed by atoms with Gasteiger partial charge in [0.05, 0.1) is 10.6 Å². The van der Waals surface area contributed by atoms with Gasteiger partial charge in [-0.15, -0.1) is 11.6 Å². The van der Waals surface area contributed by atoms with Crippen LogP contribution in [0.15, 0.2) is 47.4 Å². The van der Waals surface area contributed by atoms with E-state index in [-0.39, 0.29) is 4.90 Å². The molecule has 0 bridgehead atoms. The van der Waals surface area contributed by atoms with Crippen molar-refractivity contribution in [1.29, 1.82) is 0 Å². The Labute approximate surface area is 128 Å². The molecule has 0 aromatic heterocycles. The molecule has 0 aliphatic carbocycles. The molecule has 1 aliphatic rings. The second kappa shape index (κ2) is 5.31. The van der Waals surface area contributed by atoms with Crippen molar-refractivity contribution < 1.29 is 12.8 Å². The standard InChI is InChI=1S/C15H13ClFNO2S/c16-10-11-1-5-14(6-2-11)21(19,20)18-8-7-12-3-4-13(17)9-15(12)18/h1-6,9H,7-8,10H2. The molecule has 0 unspecified atom stereocenters. The number of hydrogen-bond acceptors (Lipinski definition) is 2. The maximum absolute atomic E-state index is 13.4. The van der Waals surface area contributed by atoms with Gasteiger partial charge < -0.3 is 0 Å². The molecule has 3 nitrogen and oxygen atoms in total. The van der Waals surface area contributed by atoms with Crippen LogP contribution in [0.4, 0.5) is 10.1 Å². The van der Waals surface area contributed by atoms with Crippen molar-refractivity contribution in [2.24, 2.45) is 0 Å². The zero-order chi connectivity index (χ0) is 15.0. The average molecular weight is 326 g/mol. The summed E-state index contributed by atoms with van der Waals surface area (Å²) in [6, 6.07) is 10.7. The SMILES string of the molecule is O=S(=O)(c1ccc(CCl)cc1)N1CCc2ccc(F)cc21. The minimum atomic E-state index is -3.67. The first-order chi connectivity index (χ1) is 10.0. The van der Waals surface area contributed by atoms with Crippen LogP contribution in [0.1, 0.15) is 11.1 Å². The number of sulfonamides is 1. The Morgan fingerprint density at radius 1 is 1.14 bits per heavy atom. The highest BCUT2D eigenvalue weighted by Crippen LogP contribution is 2.33. The number of nitrogens with zero attached hydrogens (tertiary/aromatic N) is 1. The molecule has 0 spiro atoms. The molecule has 3 rings (SSSR count). The van der Waals surface area contributed by atoms with E-state index in [0.717, 1.165) is 11.1 Å². The van der Waals surface area contributed by atoms with Gasteiger partial charge in [-0.1, -0.05) is 18.2 Å². The van der Waals surface area contributed by atoms with Crippen molar-refractivity contribution in [2.45, 2.75) is 17.2 Å². The maximum Gasteiger partial charge on any atom is 0.264 e. The number of halogens is 2. The lowest BCUT2D eigenvalue weighted by Gasteiger charge is -2.19. The van der Waals surface area contributed by atoms with Gasteiger partial charge in [0.25, 0.3) is 10.0 Å². The van der Waals surface area contributed by atoms with Crippen LogP contribution in [0.5, 0.6) is 0 Å². The van der Waals surface area contributed by atoms with Crippen molar-refractivity contribution in [3.8, 4) is 0 Å². The molecule has 6 heteroatoms. The number of alkyl halides is 1. The summed E-state index contributed by atoms with van der Waals surface area (Å²) in [5.74, 6) is -0.105. The average Bonchev–Trinajstić information content (AvgIpc) is 2.91. The number of hydrogen-bond donors (Lipinski definition) is 0. The summed E-state index contributed by atoms with van der Waals surface area (Å²) >= 11 is 5.70. The topological polar surface area (TPSA) is 37.4 Å². The molecule has 0 saturated carbocycles. The molecule has 0 amide bonds. The molecule has 1 aliphatic heterocycles. The molecule has 2 aromatic rings. The van der Waals surface area contributed by atoms with Gasteiger partial charge in [0, 0.05) is 12.4 Å².